The van der Waals surface area contributed by atoms with Gasteiger partial charge in [-0.3, -0.25) is 19.6 Å². The van der Waals surface area contributed by atoms with Gasteiger partial charge in [0.1, 0.15) is 6.10 Å². The summed E-state index contributed by atoms with van der Waals surface area (Å²) in [6.07, 6.45) is 2.46. The van der Waals surface area contributed by atoms with Gasteiger partial charge in [0, 0.05) is 31.3 Å². The number of nitro groups is 1. The van der Waals surface area contributed by atoms with Gasteiger partial charge in [0.05, 0.1) is 23.8 Å². The Hall–Kier alpha value is -2.78. The smallest absolute Gasteiger partial charge is 0.269 e. The molecule has 0 aliphatic rings. The minimum atomic E-state index is -1.18. The highest BCUT2D eigenvalue weighted by atomic mass is 16.6. The minimum Gasteiger partial charge on any atom is -0.394 e. The Labute approximate surface area is 144 Å². The van der Waals surface area contributed by atoms with Gasteiger partial charge in [-0.05, 0) is 30.2 Å². The maximum Gasteiger partial charge on any atom is 0.269 e. The highest BCUT2D eigenvalue weighted by Gasteiger charge is 2.22. The van der Waals surface area contributed by atoms with E-state index in [9.17, 15) is 25.1 Å². The lowest BCUT2D eigenvalue weighted by atomic mass is 10.0. The highest BCUT2D eigenvalue weighted by Crippen LogP contribution is 2.20. The van der Waals surface area contributed by atoms with Crippen molar-refractivity contribution < 1.29 is 19.9 Å². The molecule has 2 aromatic rings. The number of nitrogens with one attached hydrogen (secondary N) is 1. The van der Waals surface area contributed by atoms with Crippen LogP contribution in [0.4, 0.5) is 5.69 Å². The summed E-state index contributed by atoms with van der Waals surface area (Å²) in [5, 5.41) is 37.0. The average Bonchev–Trinajstić information content (AvgIpc) is 3.02. The molecule has 0 aliphatic heterocycles. The first kappa shape index (κ1) is 18.6. The number of hydrogen-bond acceptors (Lipinski definition) is 6. The SMILES string of the molecule is Cc1cnn(CCC(=O)NC(CO)C(O)c2ccc([N+](=O)[O-])cc2)c1. The third kappa shape index (κ3) is 5.10. The van der Waals surface area contributed by atoms with E-state index in [-0.39, 0.29) is 18.0 Å². The molecule has 0 saturated heterocycles. The van der Waals surface area contributed by atoms with E-state index in [1.54, 1.807) is 10.9 Å². The molecule has 2 unspecified atom stereocenters. The fourth-order valence-corrected chi connectivity index (χ4v) is 2.33. The lowest BCUT2D eigenvalue weighted by molar-refractivity contribution is -0.384. The zero-order valence-electron chi connectivity index (χ0n) is 13.7. The molecule has 0 spiro atoms. The van der Waals surface area contributed by atoms with Gasteiger partial charge in [-0.1, -0.05) is 0 Å². The van der Waals surface area contributed by atoms with E-state index in [4.69, 9.17) is 0 Å². The summed E-state index contributed by atoms with van der Waals surface area (Å²) >= 11 is 0. The third-order valence-electron chi connectivity index (χ3n) is 3.70. The first-order chi connectivity index (χ1) is 11.9. The van der Waals surface area contributed by atoms with Crippen LogP contribution in [0, 0.1) is 17.0 Å². The van der Waals surface area contributed by atoms with Gasteiger partial charge in [-0.25, -0.2) is 0 Å². The summed E-state index contributed by atoms with van der Waals surface area (Å²) in [6.45, 7) is 1.81. The number of amides is 1. The number of carbonyl (C=O) groups is 1. The number of carbonyl (C=O) groups excluding carboxylic acids is 1. The zero-order chi connectivity index (χ0) is 18.4. The van der Waals surface area contributed by atoms with Crippen molar-refractivity contribution in [3.05, 3.63) is 57.9 Å². The monoisotopic (exact) mass is 348 g/mol. The number of non-ortho nitro benzene ring substituents is 1. The van der Waals surface area contributed by atoms with E-state index < -0.39 is 23.7 Å². The number of nitro benzene ring substituents is 1. The molecule has 1 aromatic carbocycles. The van der Waals surface area contributed by atoms with E-state index in [2.05, 4.69) is 10.4 Å². The number of rotatable bonds is 8. The predicted molar refractivity (Wildman–Crippen MR) is 88.7 cm³/mol. The number of aryl methyl sites for hydroxylation is 2. The fourth-order valence-electron chi connectivity index (χ4n) is 2.33. The molecule has 9 nitrogen and oxygen atoms in total. The third-order valence-corrected chi connectivity index (χ3v) is 3.70. The molecule has 9 heteroatoms. The van der Waals surface area contributed by atoms with Crippen LogP contribution in [0.5, 0.6) is 0 Å². The molecular weight excluding hydrogens is 328 g/mol. The van der Waals surface area contributed by atoms with Crippen molar-refractivity contribution in [1.82, 2.24) is 15.1 Å². The van der Waals surface area contributed by atoms with Gasteiger partial charge in [0.15, 0.2) is 0 Å². The maximum atomic E-state index is 12.0. The van der Waals surface area contributed by atoms with E-state index in [0.717, 1.165) is 5.56 Å². The Morgan fingerprint density at radius 2 is 2.08 bits per heavy atom. The van der Waals surface area contributed by atoms with E-state index >= 15 is 0 Å². The molecule has 1 heterocycles. The highest BCUT2D eigenvalue weighted by molar-refractivity contribution is 5.76. The minimum absolute atomic E-state index is 0.102. The second-order valence-electron chi connectivity index (χ2n) is 5.68. The van der Waals surface area contributed by atoms with Crippen molar-refractivity contribution in [2.24, 2.45) is 0 Å². The van der Waals surface area contributed by atoms with Gasteiger partial charge < -0.3 is 15.5 Å². The summed E-state index contributed by atoms with van der Waals surface area (Å²) in [5.74, 6) is -0.340. The standard InChI is InChI=1S/C16H20N4O5/c1-11-8-17-19(9-11)7-6-15(22)18-14(10-21)16(23)12-2-4-13(5-3-12)20(24)25/h2-5,8-9,14,16,21,23H,6-7,10H2,1H3,(H,18,22). The number of aliphatic hydroxyl groups excluding tert-OH is 2. The number of aromatic nitrogens is 2. The number of hydrogen-bond donors (Lipinski definition) is 3. The van der Waals surface area contributed by atoms with Crippen molar-refractivity contribution in [3.8, 4) is 0 Å². The van der Waals surface area contributed by atoms with Crippen LogP contribution in [0.15, 0.2) is 36.7 Å². The molecule has 0 fully saturated rings. The Kier molecular flexibility index (Phi) is 6.20. The van der Waals surface area contributed by atoms with Crippen molar-refractivity contribution in [1.29, 1.82) is 0 Å². The number of benzene rings is 1. The van der Waals surface area contributed by atoms with Crippen LogP contribution in [0.2, 0.25) is 0 Å². The molecule has 3 N–H and O–H groups in total. The second kappa shape index (κ2) is 8.36. The summed E-state index contributed by atoms with van der Waals surface area (Å²) in [6, 6.07) is 4.39. The van der Waals surface area contributed by atoms with Gasteiger partial charge in [-0.2, -0.15) is 5.10 Å². The molecule has 1 aromatic heterocycles. The zero-order valence-corrected chi connectivity index (χ0v) is 13.7. The molecule has 0 aliphatic carbocycles. The molecule has 2 rings (SSSR count). The van der Waals surface area contributed by atoms with E-state index in [1.165, 1.54) is 24.3 Å². The lowest BCUT2D eigenvalue weighted by Gasteiger charge is -2.22. The van der Waals surface area contributed by atoms with Gasteiger partial charge >= 0.3 is 0 Å². The first-order valence-electron chi connectivity index (χ1n) is 7.72. The topological polar surface area (TPSA) is 131 Å². The maximum absolute atomic E-state index is 12.0. The number of aliphatic hydroxyl groups is 2. The molecule has 1 amide bonds. The van der Waals surface area contributed by atoms with Gasteiger partial charge in [0.25, 0.3) is 5.69 Å². The van der Waals surface area contributed by atoms with Crippen molar-refractivity contribution in [2.45, 2.75) is 32.0 Å². The van der Waals surface area contributed by atoms with Crippen molar-refractivity contribution in [2.75, 3.05) is 6.61 Å². The first-order valence-corrected chi connectivity index (χ1v) is 7.72. The molecule has 2 atom stereocenters. The fraction of sp³-hybridized carbons (Fsp3) is 0.375. The predicted octanol–water partition coefficient (Wildman–Crippen LogP) is 0.701. The van der Waals surface area contributed by atoms with Gasteiger partial charge in [0.2, 0.25) is 5.91 Å². The molecule has 0 saturated carbocycles. The quantitative estimate of drug-likeness (QED) is 0.475. The van der Waals surface area contributed by atoms with Crippen LogP contribution < -0.4 is 5.32 Å². The van der Waals surface area contributed by atoms with Gasteiger partial charge in [-0.15, -0.1) is 0 Å². The normalized spacial score (nSPS) is 13.2. The van der Waals surface area contributed by atoms with Crippen LogP contribution in [-0.4, -0.2) is 43.5 Å². The Bertz CT molecular complexity index is 728. The molecule has 134 valence electrons. The number of nitrogens with zero attached hydrogens (tertiary/aromatic N) is 3. The van der Waals surface area contributed by atoms with Crippen LogP contribution in [-0.2, 0) is 11.3 Å². The molecule has 0 radical (unpaired) electrons. The van der Waals surface area contributed by atoms with Crippen molar-refractivity contribution >= 4 is 11.6 Å². The van der Waals surface area contributed by atoms with E-state index in [1.807, 2.05) is 13.1 Å². The van der Waals surface area contributed by atoms with Crippen LogP contribution in [0.1, 0.15) is 23.7 Å². The largest absolute Gasteiger partial charge is 0.394 e. The average molecular weight is 348 g/mol. The molecule has 0 bridgehead atoms. The van der Waals surface area contributed by atoms with Crippen LogP contribution in [0.3, 0.4) is 0 Å². The summed E-state index contributed by atoms with van der Waals surface area (Å²) < 4.78 is 1.63. The summed E-state index contributed by atoms with van der Waals surface area (Å²) in [7, 11) is 0. The summed E-state index contributed by atoms with van der Waals surface area (Å²) in [4.78, 5) is 22.1. The lowest BCUT2D eigenvalue weighted by Crippen LogP contribution is -2.42. The Balaban J connectivity index is 1.93. The van der Waals surface area contributed by atoms with Crippen molar-refractivity contribution in [3.63, 3.8) is 0 Å². The Morgan fingerprint density at radius 1 is 1.40 bits per heavy atom. The molecular formula is C16H20N4O5. The Morgan fingerprint density at radius 3 is 2.60 bits per heavy atom. The van der Waals surface area contributed by atoms with Crippen LogP contribution >= 0.6 is 0 Å². The second-order valence-corrected chi connectivity index (χ2v) is 5.68. The van der Waals surface area contributed by atoms with Crippen LogP contribution in [0.25, 0.3) is 0 Å². The van der Waals surface area contributed by atoms with E-state index in [0.29, 0.717) is 12.1 Å². The molecule has 25 heavy (non-hydrogen) atoms. The summed E-state index contributed by atoms with van der Waals surface area (Å²) in [5.41, 5.74) is 1.25.